The van der Waals surface area contributed by atoms with Gasteiger partial charge in [-0.2, -0.15) is 0 Å². The number of likely N-dealkylation sites (N-methyl/N-ethyl adjacent to an activating group) is 1. The van der Waals surface area contributed by atoms with Crippen molar-refractivity contribution < 1.29 is 14.3 Å². The van der Waals surface area contributed by atoms with Gasteiger partial charge >= 0.3 is 0 Å². The number of hydrogen-bond donors (Lipinski definition) is 2. The smallest absolute Gasteiger partial charge is 0.243 e. The largest absolute Gasteiger partial charge is 0.489 e. The Morgan fingerprint density at radius 2 is 1.93 bits per heavy atom. The molecule has 2 N–H and O–H groups in total. The third-order valence-corrected chi connectivity index (χ3v) is 3.79. The van der Waals surface area contributed by atoms with Crippen molar-refractivity contribution in [3.8, 4) is 5.75 Å². The zero-order valence-electron chi connectivity index (χ0n) is 17.0. The van der Waals surface area contributed by atoms with E-state index >= 15 is 0 Å². The first-order chi connectivity index (χ1) is 12.9. The van der Waals surface area contributed by atoms with E-state index in [1.807, 2.05) is 26.0 Å². The first-order valence-electron chi connectivity index (χ1n) is 9.14. The van der Waals surface area contributed by atoms with E-state index in [9.17, 15) is 4.79 Å². The zero-order valence-corrected chi connectivity index (χ0v) is 20.1. The summed E-state index contributed by atoms with van der Waals surface area (Å²) in [7, 11) is 3.42. The van der Waals surface area contributed by atoms with Crippen molar-refractivity contribution in [3.63, 3.8) is 0 Å². The van der Waals surface area contributed by atoms with Crippen molar-refractivity contribution in [3.05, 3.63) is 29.3 Å². The lowest BCUT2D eigenvalue weighted by Crippen LogP contribution is -2.43. The Bertz CT molecular complexity index is 585. The molecule has 1 amide bonds. The molecule has 1 aromatic carbocycles. The molecule has 0 bridgehead atoms. The second kappa shape index (κ2) is 15.6. The molecule has 28 heavy (non-hydrogen) atoms. The minimum Gasteiger partial charge on any atom is -0.489 e. The van der Waals surface area contributed by atoms with Crippen molar-refractivity contribution in [1.82, 2.24) is 15.5 Å². The lowest BCUT2D eigenvalue weighted by atomic mass is 10.3. The van der Waals surface area contributed by atoms with Crippen LogP contribution in [0.25, 0.3) is 0 Å². The van der Waals surface area contributed by atoms with Gasteiger partial charge in [0.05, 0.1) is 6.54 Å². The number of halogens is 2. The van der Waals surface area contributed by atoms with E-state index in [0.717, 1.165) is 12.2 Å². The van der Waals surface area contributed by atoms with E-state index in [-0.39, 0.29) is 42.5 Å². The third-order valence-electron chi connectivity index (χ3n) is 3.54. The molecule has 1 atom stereocenters. The van der Waals surface area contributed by atoms with E-state index in [2.05, 4.69) is 15.6 Å². The number of aliphatic imine (C=N–C) groups is 1. The lowest BCUT2D eigenvalue weighted by molar-refractivity contribution is -0.127. The monoisotopic (exact) mass is 526 g/mol. The molecule has 1 rings (SSSR count). The van der Waals surface area contributed by atoms with Gasteiger partial charge in [-0.15, -0.1) is 24.0 Å². The van der Waals surface area contributed by atoms with E-state index in [1.54, 1.807) is 26.2 Å². The topological polar surface area (TPSA) is 75.2 Å². The molecule has 160 valence electrons. The molecule has 0 aliphatic carbocycles. The van der Waals surface area contributed by atoms with Crippen LogP contribution >= 0.6 is 35.6 Å². The fraction of sp³-hybridized carbons (Fsp3) is 0.579. The molecule has 0 saturated carbocycles. The van der Waals surface area contributed by atoms with Gasteiger partial charge in [0, 0.05) is 38.9 Å². The second-order valence-electron chi connectivity index (χ2n) is 6.19. The Morgan fingerprint density at radius 3 is 2.54 bits per heavy atom. The van der Waals surface area contributed by atoms with Gasteiger partial charge in [-0.3, -0.25) is 4.79 Å². The number of rotatable bonds is 11. The summed E-state index contributed by atoms with van der Waals surface area (Å²) in [4.78, 5) is 17.6. The number of ether oxygens (including phenoxy) is 2. The number of nitrogens with zero attached hydrogens (tertiary/aromatic N) is 2. The van der Waals surface area contributed by atoms with Crippen molar-refractivity contribution >= 4 is 47.4 Å². The van der Waals surface area contributed by atoms with Crippen molar-refractivity contribution in [2.75, 3.05) is 46.9 Å². The van der Waals surface area contributed by atoms with Gasteiger partial charge in [0.15, 0.2) is 5.96 Å². The van der Waals surface area contributed by atoms with Gasteiger partial charge in [-0.1, -0.05) is 11.6 Å². The van der Waals surface area contributed by atoms with Gasteiger partial charge in [0.2, 0.25) is 5.91 Å². The summed E-state index contributed by atoms with van der Waals surface area (Å²) in [6.45, 7) is 6.64. The van der Waals surface area contributed by atoms with Crippen molar-refractivity contribution in [2.24, 2.45) is 4.99 Å². The molecule has 0 saturated heterocycles. The Labute approximate surface area is 190 Å². The fourth-order valence-corrected chi connectivity index (χ4v) is 2.14. The SMILES string of the molecule is CCOCCCNC(=NCC(=O)N(C)C)NCC(C)Oc1ccc(Cl)cc1.I. The van der Waals surface area contributed by atoms with Crippen LogP contribution in [0.3, 0.4) is 0 Å². The Hall–Kier alpha value is -1.26. The Morgan fingerprint density at radius 1 is 1.25 bits per heavy atom. The minimum atomic E-state index is -0.0915. The predicted molar refractivity (Wildman–Crippen MR) is 125 cm³/mol. The highest BCUT2D eigenvalue weighted by Gasteiger charge is 2.08. The lowest BCUT2D eigenvalue weighted by Gasteiger charge is -2.18. The first kappa shape index (κ1) is 26.7. The molecule has 0 radical (unpaired) electrons. The number of carbonyl (C=O) groups is 1. The van der Waals surface area contributed by atoms with E-state index in [0.29, 0.717) is 37.3 Å². The molecule has 9 heteroatoms. The number of carbonyl (C=O) groups excluding carboxylic acids is 1. The summed E-state index contributed by atoms with van der Waals surface area (Å²) in [5, 5.41) is 7.10. The average Bonchev–Trinajstić information content (AvgIpc) is 2.64. The van der Waals surface area contributed by atoms with Gasteiger partial charge in [-0.25, -0.2) is 4.99 Å². The maximum atomic E-state index is 11.8. The molecule has 7 nitrogen and oxygen atoms in total. The van der Waals surface area contributed by atoms with Crippen LogP contribution < -0.4 is 15.4 Å². The summed E-state index contributed by atoms with van der Waals surface area (Å²) in [6.07, 6.45) is 0.763. The van der Waals surface area contributed by atoms with Gasteiger partial charge in [0.1, 0.15) is 18.4 Å². The van der Waals surface area contributed by atoms with Crippen LogP contribution in [0.2, 0.25) is 5.02 Å². The molecule has 0 heterocycles. The number of hydrogen-bond acceptors (Lipinski definition) is 4. The molecule has 0 fully saturated rings. The van der Waals surface area contributed by atoms with Gasteiger partial charge < -0.3 is 25.0 Å². The number of benzene rings is 1. The average molecular weight is 527 g/mol. The number of amides is 1. The van der Waals surface area contributed by atoms with E-state index in [1.165, 1.54) is 4.90 Å². The van der Waals surface area contributed by atoms with Crippen molar-refractivity contribution in [2.45, 2.75) is 26.4 Å². The quantitative estimate of drug-likeness (QED) is 0.201. The van der Waals surface area contributed by atoms with Crippen LogP contribution in [-0.2, 0) is 9.53 Å². The molecule has 0 spiro atoms. The summed E-state index contributed by atoms with van der Waals surface area (Å²) >= 11 is 5.88. The molecule has 0 aliphatic heterocycles. The highest BCUT2D eigenvalue weighted by atomic mass is 127. The maximum absolute atomic E-state index is 11.8. The van der Waals surface area contributed by atoms with Crippen LogP contribution in [-0.4, -0.2) is 69.8 Å². The third kappa shape index (κ3) is 12.2. The first-order valence-corrected chi connectivity index (χ1v) is 9.52. The minimum absolute atomic E-state index is 0. The molecular weight excluding hydrogens is 495 g/mol. The van der Waals surface area contributed by atoms with Crippen LogP contribution in [0.4, 0.5) is 0 Å². The highest BCUT2D eigenvalue weighted by molar-refractivity contribution is 14.0. The zero-order chi connectivity index (χ0) is 20.1. The number of guanidine groups is 1. The summed E-state index contributed by atoms with van der Waals surface area (Å²) in [6, 6.07) is 7.23. The predicted octanol–water partition coefficient (Wildman–Crippen LogP) is 2.78. The molecule has 1 unspecified atom stereocenters. The van der Waals surface area contributed by atoms with Crippen molar-refractivity contribution in [1.29, 1.82) is 0 Å². The summed E-state index contributed by atoms with van der Waals surface area (Å²) < 4.78 is 11.2. The maximum Gasteiger partial charge on any atom is 0.243 e. The standard InChI is InChI=1S/C19H31ClN4O3.HI/c1-5-26-12-6-11-21-19(23-14-18(25)24(3)4)22-13-15(2)27-17-9-7-16(20)8-10-17;/h7-10,15H,5-6,11-14H2,1-4H3,(H2,21,22,23);1H. The number of nitrogens with one attached hydrogen (secondary N) is 2. The highest BCUT2D eigenvalue weighted by Crippen LogP contribution is 2.16. The van der Waals surface area contributed by atoms with Gasteiger partial charge in [-0.05, 0) is 44.5 Å². The van der Waals surface area contributed by atoms with Gasteiger partial charge in [0.25, 0.3) is 0 Å². The normalized spacial score (nSPS) is 12.0. The van der Waals surface area contributed by atoms with Crippen LogP contribution in [0.15, 0.2) is 29.3 Å². The molecule has 1 aromatic rings. The second-order valence-corrected chi connectivity index (χ2v) is 6.63. The van der Waals surface area contributed by atoms with E-state index < -0.39 is 0 Å². The van der Waals surface area contributed by atoms with E-state index in [4.69, 9.17) is 21.1 Å². The molecular formula is C19H32ClIN4O3. The van der Waals surface area contributed by atoms with Crippen LogP contribution in [0, 0.1) is 0 Å². The molecule has 0 aliphatic rings. The van der Waals surface area contributed by atoms with Crippen LogP contribution in [0.1, 0.15) is 20.3 Å². The Kier molecular flexibility index (Phi) is 14.9. The fourth-order valence-electron chi connectivity index (χ4n) is 2.02. The Balaban J connectivity index is 0.00000729. The van der Waals surface area contributed by atoms with Crippen LogP contribution in [0.5, 0.6) is 5.75 Å². The summed E-state index contributed by atoms with van der Waals surface area (Å²) in [5.41, 5.74) is 0. The molecule has 0 aromatic heterocycles. The summed E-state index contributed by atoms with van der Waals surface area (Å²) in [5.74, 6) is 1.27.